The summed E-state index contributed by atoms with van der Waals surface area (Å²) < 4.78 is 5.19. The summed E-state index contributed by atoms with van der Waals surface area (Å²) in [6.45, 7) is 6.37. The third kappa shape index (κ3) is 3.28. The van der Waals surface area contributed by atoms with Gasteiger partial charge in [0.25, 0.3) is 0 Å². The molecule has 0 radical (unpaired) electrons. The molecule has 0 aromatic heterocycles. The van der Waals surface area contributed by atoms with Gasteiger partial charge >= 0.3 is 0 Å². The molecule has 0 unspecified atom stereocenters. The van der Waals surface area contributed by atoms with Crippen molar-refractivity contribution in [2.45, 2.75) is 38.8 Å². The van der Waals surface area contributed by atoms with Crippen molar-refractivity contribution in [3.63, 3.8) is 0 Å². The van der Waals surface area contributed by atoms with Crippen molar-refractivity contribution in [1.29, 1.82) is 0 Å². The molecule has 1 fully saturated rings. The first-order chi connectivity index (χ1) is 9.15. The van der Waals surface area contributed by atoms with Crippen LogP contribution in [-0.2, 0) is 0 Å². The summed E-state index contributed by atoms with van der Waals surface area (Å²) in [5.41, 5.74) is 1.31. The number of nitrogens with zero attached hydrogens (tertiary/aromatic N) is 1. The number of aliphatic hydroxyl groups excluding tert-OH is 1. The number of benzene rings is 1. The number of methoxy groups -OCH3 is 1. The summed E-state index contributed by atoms with van der Waals surface area (Å²) in [6.07, 6.45) is 1.82. The van der Waals surface area contributed by atoms with Gasteiger partial charge in [-0.3, -0.25) is 4.90 Å². The highest BCUT2D eigenvalue weighted by molar-refractivity contribution is 5.29. The molecule has 1 aromatic rings. The van der Waals surface area contributed by atoms with Gasteiger partial charge in [-0.25, -0.2) is 0 Å². The minimum atomic E-state index is -0.145. The van der Waals surface area contributed by atoms with Gasteiger partial charge < -0.3 is 9.84 Å². The Morgan fingerprint density at radius 3 is 2.63 bits per heavy atom. The van der Waals surface area contributed by atoms with E-state index < -0.39 is 0 Å². The Balaban J connectivity index is 1.98. The number of hydrogen-bond acceptors (Lipinski definition) is 3. The molecule has 2 rings (SSSR count). The van der Waals surface area contributed by atoms with Gasteiger partial charge in [0.15, 0.2) is 0 Å². The van der Waals surface area contributed by atoms with E-state index in [9.17, 15) is 5.11 Å². The third-order valence-electron chi connectivity index (χ3n) is 4.36. The molecule has 1 saturated heterocycles. The number of aliphatic hydroxyl groups is 1. The second-order valence-electron chi connectivity index (χ2n) is 5.47. The first-order valence-corrected chi connectivity index (χ1v) is 7.21. The predicted octanol–water partition coefficient (Wildman–Crippen LogP) is 2.85. The number of rotatable bonds is 5. The Morgan fingerprint density at radius 1 is 1.37 bits per heavy atom. The Labute approximate surface area is 116 Å². The van der Waals surface area contributed by atoms with Gasteiger partial charge in [-0.2, -0.15) is 0 Å². The van der Waals surface area contributed by atoms with Crippen LogP contribution in [0.1, 0.15) is 38.3 Å². The predicted molar refractivity (Wildman–Crippen MR) is 77.4 cm³/mol. The Kier molecular flexibility index (Phi) is 4.83. The molecule has 3 heteroatoms. The summed E-state index contributed by atoms with van der Waals surface area (Å²) in [7, 11) is 1.69. The maximum Gasteiger partial charge on any atom is 0.118 e. The van der Waals surface area contributed by atoms with Crippen LogP contribution in [0.25, 0.3) is 0 Å². The van der Waals surface area contributed by atoms with E-state index in [0.29, 0.717) is 12.0 Å². The molecule has 0 aliphatic carbocycles. The zero-order chi connectivity index (χ0) is 13.8. The zero-order valence-electron chi connectivity index (χ0n) is 12.2. The van der Waals surface area contributed by atoms with Crippen molar-refractivity contribution < 1.29 is 9.84 Å². The van der Waals surface area contributed by atoms with Gasteiger partial charge in [-0.05, 0) is 49.9 Å². The quantitative estimate of drug-likeness (QED) is 0.886. The van der Waals surface area contributed by atoms with E-state index in [0.717, 1.165) is 31.7 Å². The molecule has 1 aromatic carbocycles. The maximum atomic E-state index is 9.95. The second-order valence-corrected chi connectivity index (χ2v) is 5.47. The highest BCUT2D eigenvalue weighted by Crippen LogP contribution is 2.30. The van der Waals surface area contributed by atoms with Crippen LogP contribution in [-0.4, -0.2) is 36.3 Å². The van der Waals surface area contributed by atoms with Gasteiger partial charge in [-0.15, -0.1) is 0 Å². The minimum Gasteiger partial charge on any atom is -0.497 e. The van der Waals surface area contributed by atoms with E-state index in [-0.39, 0.29) is 6.10 Å². The molecule has 0 amide bonds. The molecule has 1 aliphatic rings. The summed E-state index contributed by atoms with van der Waals surface area (Å²) in [5.74, 6) is 1.34. The largest absolute Gasteiger partial charge is 0.497 e. The average Bonchev–Trinajstić information content (AvgIpc) is 2.95. The molecule has 3 nitrogen and oxygen atoms in total. The van der Waals surface area contributed by atoms with Crippen LogP contribution < -0.4 is 4.74 Å². The monoisotopic (exact) mass is 263 g/mol. The van der Waals surface area contributed by atoms with Gasteiger partial charge in [-0.1, -0.05) is 19.1 Å². The van der Waals surface area contributed by atoms with Crippen LogP contribution in [0.3, 0.4) is 0 Å². The minimum absolute atomic E-state index is 0.145. The van der Waals surface area contributed by atoms with E-state index in [1.54, 1.807) is 7.11 Å². The first-order valence-electron chi connectivity index (χ1n) is 7.21. The number of likely N-dealkylation sites (tertiary alicyclic amines) is 1. The lowest BCUT2D eigenvalue weighted by Crippen LogP contribution is -2.27. The van der Waals surface area contributed by atoms with Crippen molar-refractivity contribution in [2.24, 2.45) is 5.92 Å². The van der Waals surface area contributed by atoms with Gasteiger partial charge in [0.05, 0.1) is 13.2 Å². The van der Waals surface area contributed by atoms with Crippen LogP contribution in [0, 0.1) is 5.92 Å². The molecule has 0 saturated carbocycles. The van der Waals surface area contributed by atoms with Gasteiger partial charge in [0.2, 0.25) is 0 Å². The SMILES string of the molecule is CC[C@@H](O)[C@@H]1CCN([C@H](C)c2ccc(OC)cc2)C1. The molecule has 1 aliphatic heterocycles. The van der Waals surface area contributed by atoms with Crippen molar-refractivity contribution in [3.05, 3.63) is 29.8 Å². The Morgan fingerprint density at radius 2 is 2.05 bits per heavy atom. The molecule has 0 bridgehead atoms. The van der Waals surface area contributed by atoms with E-state index in [4.69, 9.17) is 4.74 Å². The van der Waals surface area contributed by atoms with Crippen molar-refractivity contribution in [3.8, 4) is 5.75 Å². The smallest absolute Gasteiger partial charge is 0.118 e. The van der Waals surface area contributed by atoms with E-state index >= 15 is 0 Å². The van der Waals surface area contributed by atoms with Gasteiger partial charge in [0, 0.05) is 12.6 Å². The fraction of sp³-hybridized carbons (Fsp3) is 0.625. The van der Waals surface area contributed by atoms with Crippen molar-refractivity contribution in [2.75, 3.05) is 20.2 Å². The van der Waals surface area contributed by atoms with E-state index in [1.807, 2.05) is 12.1 Å². The fourth-order valence-electron chi connectivity index (χ4n) is 2.91. The topological polar surface area (TPSA) is 32.7 Å². The summed E-state index contributed by atoms with van der Waals surface area (Å²) in [6, 6.07) is 8.70. The molecule has 106 valence electrons. The lowest BCUT2D eigenvalue weighted by Gasteiger charge is -2.25. The molecular weight excluding hydrogens is 238 g/mol. The average molecular weight is 263 g/mol. The highest BCUT2D eigenvalue weighted by atomic mass is 16.5. The molecule has 1 N–H and O–H groups in total. The van der Waals surface area contributed by atoms with Crippen LogP contribution >= 0.6 is 0 Å². The molecule has 19 heavy (non-hydrogen) atoms. The summed E-state index contributed by atoms with van der Waals surface area (Å²) in [5, 5.41) is 9.95. The van der Waals surface area contributed by atoms with Crippen LogP contribution in [0.15, 0.2) is 24.3 Å². The van der Waals surface area contributed by atoms with Gasteiger partial charge in [0.1, 0.15) is 5.75 Å². The van der Waals surface area contributed by atoms with Crippen LogP contribution in [0.4, 0.5) is 0 Å². The third-order valence-corrected chi connectivity index (χ3v) is 4.36. The molecular formula is C16H25NO2. The van der Waals surface area contributed by atoms with E-state index in [2.05, 4.69) is 30.9 Å². The summed E-state index contributed by atoms with van der Waals surface area (Å²) in [4.78, 5) is 2.46. The number of hydrogen-bond donors (Lipinski definition) is 1. The van der Waals surface area contributed by atoms with Crippen LogP contribution in [0.5, 0.6) is 5.75 Å². The highest BCUT2D eigenvalue weighted by Gasteiger charge is 2.30. The molecule has 0 spiro atoms. The maximum absolute atomic E-state index is 9.95. The first kappa shape index (κ1) is 14.4. The number of ether oxygens (including phenoxy) is 1. The standard InChI is InChI=1S/C16H25NO2/c1-4-16(18)14-9-10-17(11-14)12(2)13-5-7-15(19-3)8-6-13/h5-8,12,14,16,18H,4,9-11H2,1-3H3/t12-,14-,16-/m1/s1. The molecule has 1 heterocycles. The Bertz CT molecular complexity index is 390. The van der Waals surface area contributed by atoms with Crippen molar-refractivity contribution in [1.82, 2.24) is 4.90 Å². The second kappa shape index (κ2) is 6.40. The fourth-order valence-corrected chi connectivity index (χ4v) is 2.91. The summed E-state index contributed by atoms with van der Waals surface area (Å²) >= 11 is 0. The molecule has 3 atom stereocenters. The van der Waals surface area contributed by atoms with E-state index in [1.165, 1.54) is 5.56 Å². The normalized spacial score (nSPS) is 23.3. The van der Waals surface area contributed by atoms with Crippen molar-refractivity contribution >= 4 is 0 Å². The zero-order valence-corrected chi connectivity index (χ0v) is 12.2. The Hall–Kier alpha value is -1.06. The van der Waals surface area contributed by atoms with Crippen LogP contribution in [0.2, 0.25) is 0 Å². The lowest BCUT2D eigenvalue weighted by atomic mass is 10.00. The lowest BCUT2D eigenvalue weighted by molar-refractivity contribution is 0.103.